The van der Waals surface area contributed by atoms with Crippen LogP contribution in [0.5, 0.6) is 0 Å². The van der Waals surface area contributed by atoms with Crippen molar-refractivity contribution in [1.29, 1.82) is 0 Å². The van der Waals surface area contributed by atoms with Crippen molar-refractivity contribution in [2.45, 2.75) is 18.9 Å². The highest BCUT2D eigenvalue weighted by molar-refractivity contribution is 5.90. The van der Waals surface area contributed by atoms with Gasteiger partial charge in [0.15, 0.2) is 5.82 Å². The van der Waals surface area contributed by atoms with Crippen molar-refractivity contribution in [1.82, 2.24) is 30.0 Å². The summed E-state index contributed by atoms with van der Waals surface area (Å²) in [7, 11) is 0. The van der Waals surface area contributed by atoms with Crippen molar-refractivity contribution in [2.75, 3.05) is 31.1 Å². The summed E-state index contributed by atoms with van der Waals surface area (Å²) < 4.78 is 1.69. The topological polar surface area (TPSA) is 96.3 Å². The molecule has 0 aromatic carbocycles. The first-order chi connectivity index (χ1) is 12.2. The van der Waals surface area contributed by atoms with Gasteiger partial charge in [-0.3, -0.25) is 9.59 Å². The lowest BCUT2D eigenvalue weighted by molar-refractivity contribution is -0.134. The molecule has 1 unspecified atom stereocenters. The average Bonchev–Trinajstić information content (AvgIpc) is 3.33. The number of amides is 2. The zero-order chi connectivity index (χ0) is 17.2. The monoisotopic (exact) mass is 341 g/mol. The third-order valence-electron chi connectivity index (χ3n) is 4.59. The van der Waals surface area contributed by atoms with Gasteiger partial charge in [-0.1, -0.05) is 0 Å². The van der Waals surface area contributed by atoms with E-state index in [0.29, 0.717) is 44.8 Å². The van der Waals surface area contributed by atoms with E-state index in [1.807, 2.05) is 23.2 Å². The van der Waals surface area contributed by atoms with Gasteiger partial charge in [-0.25, -0.2) is 14.6 Å². The van der Waals surface area contributed by atoms with Gasteiger partial charge in [0.2, 0.25) is 11.8 Å². The van der Waals surface area contributed by atoms with E-state index >= 15 is 0 Å². The van der Waals surface area contributed by atoms with Crippen LogP contribution in [-0.2, 0) is 9.59 Å². The highest BCUT2D eigenvalue weighted by Gasteiger charge is 2.32. The SMILES string of the molecule is O=C1CCC(C(=O)N2CCN(c3cc(-n4cccn4)ncn3)CC2)N1. The minimum absolute atomic E-state index is 0.0189. The summed E-state index contributed by atoms with van der Waals surface area (Å²) >= 11 is 0. The number of anilines is 1. The minimum Gasteiger partial charge on any atom is -0.353 e. The minimum atomic E-state index is -0.357. The van der Waals surface area contributed by atoms with Crippen LogP contribution in [0.2, 0.25) is 0 Å². The van der Waals surface area contributed by atoms with Crippen molar-refractivity contribution in [3.05, 3.63) is 30.9 Å². The van der Waals surface area contributed by atoms with Gasteiger partial charge in [0.05, 0.1) is 0 Å². The number of hydrogen-bond donors (Lipinski definition) is 1. The summed E-state index contributed by atoms with van der Waals surface area (Å²) in [6.07, 6.45) is 6.09. The van der Waals surface area contributed by atoms with Crippen LogP contribution in [0.3, 0.4) is 0 Å². The molecular formula is C16H19N7O2. The molecule has 130 valence electrons. The van der Waals surface area contributed by atoms with Crippen LogP contribution in [0, 0.1) is 0 Å². The van der Waals surface area contributed by atoms with Gasteiger partial charge in [0, 0.05) is 51.1 Å². The number of aromatic nitrogens is 4. The zero-order valence-corrected chi connectivity index (χ0v) is 13.7. The summed E-state index contributed by atoms with van der Waals surface area (Å²) in [6, 6.07) is 3.37. The number of nitrogens with zero attached hydrogens (tertiary/aromatic N) is 6. The normalized spacial score (nSPS) is 20.6. The van der Waals surface area contributed by atoms with Crippen molar-refractivity contribution >= 4 is 17.6 Å². The lowest BCUT2D eigenvalue weighted by atomic mass is 10.2. The maximum atomic E-state index is 12.5. The molecule has 2 saturated heterocycles. The highest BCUT2D eigenvalue weighted by Crippen LogP contribution is 2.17. The van der Waals surface area contributed by atoms with E-state index in [0.717, 1.165) is 5.82 Å². The van der Waals surface area contributed by atoms with Crippen LogP contribution < -0.4 is 10.2 Å². The largest absolute Gasteiger partial charge is 0.353 e. The van der Waals surface area contributed by atoms with Crippen LogP contribution in [0.15, 0.2) is 30.9 Å². The Morgan fingerprint density at radius 3 is 2.64 bits per heavy atom. The molecule has 4 heterocycles. The van der Waals surface area contributed by atoms with Crippen LogP contribution in [-0.4, -0.2) is 68.7 Å². The number of rotatable bonds is 3. The third kappa shape index (κ3) is 3.17. The molecule has 0 radical (unpaired) electrons. The van der Waals surface area contributed by atoms with Gasteiger partial charge in [-0.05, 0) is 12.5 Å². The van der Waals surface area contributed by atoms with Gasteiger partial charge in [-0.15, -0.1) is 0 Å². The lowest BCUT2D eigenvalue weighted by Crippen LogP contribution is -2.53. The second kappa shape index (κ2) is 6.50. The maximum absolute atomic E-state index is 12.5. The smallest absolute Gasteiger partial charge is 0.245 e. The number of hydrogen-bond acceptors (Lipinski definition) is 6. The fourth-order valence-corrected chi connectivity index (χ4v) is 3.22. The molecule has 2 amide bonds. The Morgan fingerprint density at radius 2 is 1.96 bits per heavy atom. The molecule has 9 nitrogen and oxygen atoms in total. The predicted octanol–water partition coefficient (Wildman–Crippen LogP) is -0.410. The molecule has 2 aliphatic heterocycles. The number of carbonyl (C=O) groups excluding carboxylic acids is 2. The molecular weight excluding hydrogens is 322 g/mol. The number of piperazine rings is 1. The van der Waals surface area contributed by atoms with Crippen molar-refractivity contribution in [2.24, 2.45) is 0 Å². The lowest BCUT2D eigenvalue weighted by Gasteiger charge is -2.36. The molecule has 2 aromatic rings. The fourth-order valence-electron chi connectivity index (χ4n) is 3.22. The van der Waals surface area contributed by atoms with Crippen molar-refractivity contribution < 1.29 is 9.59 Å². The van der Waals surface area contributed by atoms with Gasteiger partial charge >= 0.3 is 0 Å². The van der Waals surface area contributed by atoms with Crippen LogP contribution in [0.25, 0.3) is 5.82 Å². The van der Waals surface area contributed by atoms with Crippen LogP contribution >= 0.6 is 0 Å². The molecule has 1 atom stereocenters. The van der Waals surface area contributed by atoms with E-state index < -0.39 is 0 Å². The summed E-state index contributed by atoms with van der Waals surface area (Å²) in [4.78, 5) is 36.3. The van der Waals surface area contributed by atoms with Crippen LogP contribution in [0.1, 0.15) is 12.8 Å². The Morgan fingerprint density at radius 1 is 1.16 bits per heavy atom. The quantitative estimate of drug-likeness (QED) is 0.815. The van der Waals surface area contributed by atoms with Gasteiger partial charge < -0.3 is 15.1 Å². The Labute approximate surface area is 144 Å². The Hall–Kier alpha value is -2.97. The molecule has 0 spiro atoms. The maximum Gasteiger partial charge on any atom is 0.245 e. The molecule has 4 rings (SSSR count). The Balaban J connectivity index is 1.40. The summed E-state index contributed by atoms with van der Waals surface area (Å²) in [5.74, 6) is 1.51. The number of nitrogens with one attached hydrogen (secondary N) is 1. The first-order valence-electron chi connectivity index (χ1n) is 8.36. The second-order valence-electron chi connectivity index (χ2n) is 6.16. The molecule has 2 aliphatic rings. The molecule has 25 heavy (non-hydrogen) atoms. The standard InChI is InChI=1S/C16H19N7O2/c24-15-3-2-12(20-15)16(25)22-8-6-21(7-9-22)13-10-14(18-11-17-13)23-5-1-4-19-23/h1,4-5,10-12H,2-3,6-9H2,(H,20,24). The summed E-state index contributed by atoms with van der Waals surface area (Å²) in [5, 5.41) is 6.92. The fraction of sp³-hybridized carbons (Fsp3) is 0.438. The highest BCUT2D eigenvalue weighted by atomic mass is 16.2. The number of carbonyl (C=O) groups is 2. The first kappa shape index (κ1) is 15.6. The van der Waals surface area contributed by atoms with E-state index in [-0.39, 0.29) is 17.9 Å². The third-order valence-corrected chi connectivity index (χ3v) is 4.59. The molecule has 9 heteroatoms. The summed E-state index contributed by atoms with van der Waals surface area (Å²) in [6.45, 7) is 2.63. The molecule has 0 saturated carbocycles. The predicted molar refractivity (Wildman–Crippen MR) is 89.1 cm³/mol. The zero-order valence-electron chi connectivity index (χ0n) is 13.7. The Bertz CT molecular complexity index is 769. The Kier molecular flexibility index (Phi) is 4.04. The molecule has 2 aromatic heterocycles. The first-order valence-corrected chi connectivity index (χ1v) is 8.36. The van der Waals surface area contributed by atoms with Gasteiger partial charge in [0.25, 0.3) is 0 Å². The van der Waals surface area contributed by atoms with Crippen LogP contribution in [0.4, 0.5) is 5.82 Å². The molecule has 1 N–H and O–H groups in total. The summed E-state index contributed by atoms with van der Waals surface area (Å²) in [5.41, 5.74) is 0. The molecule has 0 aliphatic carbocycles. The van der Waals surface area contributed by atoms with E-state index in [2.05, 4.69) is 25.3 Å². The van der Waals surface area contributed by atoms with Gasteiger partial charge in [0.1, 0.15) is 18.2 Å². The van der Waals surface area contributed by atoms with Gasteiger partial charge in [-0.2, -0.15) is 5.10 Å². The molecule has 2 fully saturated rings. The van der Waals surface area contributed by atoms with E-state index in [9.17, 15) is 9.59 Å². The second-order valence-corrected chi connectivity index (χ2v) is 6.16. The molecule has 0 bridgehead atoms. The van der Waals surface area contributed by atoms with E-state index in [4.69, 9.17) is 0 Å². The van der Waals surface area contributed by atoms with Crippen molar-refractivity contribution in [3.8, 4) is 5.82 Å². The van der Waals surface area contributed by atoms with Crippen molar-refractivity contribution in [3.63, 3.8) is 0 Å². The van der Waals surface area contributed by atoms with E-state index in [1.165, 1.54) is 6.33 Å². The van der Waals surface area contributed by atoms with E-state index in [1.54, 1.807) is 10.9 Å². The average molecular weight is 341 g/mol.